The van der Waals surface area contributed by atoms with E-state index in [0.29, 0.717) is 10.9 Å². The van der Waals surface area contributed by atoms with Crippen LogP contribution >= 0.6 is 22.9 Å². The molecule has 0 radical (unpaired) electrons. The summed E-state index contributed by atoms with van der Waals surface area (Å²) in [5, 5.41) is 13.4. The van der Waals surface area contributed by atoms with Crippen LogP contribution in [0.5, 0.6) is 0 Å². The fourth-order valence-corrected chi connectivity index (χ4v) is 1.99. The standard InChI is InChI=1S/C9H11ClN2O3S/c10-7-2-1-6(16-7)5-12-9(15)11-4-3-8(13)14/h1-2H,3-5H2,(H,13,14)(H2,11,12,15). The largest absolute Gasteiger partial charge is 0.481 e. The Kier molecular flexibility index (Phi) is 5.07. The molecule has 88 valence electrons. The number of rotatable bonds is 5. The molecule has 0 aromatic carbocycles. The lowest BCUT2D eigenvalue weighted by molar-refractivity contribution is -0.136. The second kappa shape index (κ2) is 6.34. The number of halogens is 1. The van der Waals surface area contributed by atoms with E-state index in [4.69, 9.17) is 16.7 Å². The summed E-state index contributed by atoms with van der Waals surface area (Å²) in [5.41, 5.74) is 0. The third-order valence-corrected chi connectivity index (χ3v) is 2.91. The van der Waals surface area contributed by atoms with Crippen molar-refractivity contribution in [3.8, 4) is 0 Å². The van der Waals surface area contributed by atoms with Crippen LogP contribution in [-0.2, 0) is 11.3 Å². The maximum absolute atomic E-state index is 11.2. The van der Waals surface area contributed by atoms with E-state index in [1.165, 1.54) is 11.3 Å². The number of carbonyl (C=O) groups excluding carboxylic acids is 1. The number of aliphatic carboxylic acids is 1. The maximum Gasteiger partial charge on any atom is 0.315 e. The Hall–Kier alpha value is -1.27. The number of hydrogen-bond donors (Lipinski definition) is 3. The smallest absolute Gasteiger partial charge is 0.315 e. The van der Waals surface area contributed by atoms with Gasteiger partial charge < -0.3 is 15.7 Å². The Bertz CT molecular complexity index is 381. The molecule has 0 saturated heterocycles. The molecule has 0 aliphatic heterocycles. The molecule has 0 aliphatic carbocycles. The SMILES string of the molecule is O=C(O)CCNC(=O)NCc1ccc(Cl)s1. The number of thiophene rings is 1. The van der Waals surface area contributed by atoms with E-state index in [1.807, 2.05) is 6.07 Å². The first-order valence-electron chi connectivity index (χ1n) is 4.55. The number of urea groups is 1. The summed E-state index contributed by atoms with van der Waals surface area (Å²) in [6.07, 6.45) is -0.0851. The highest BCUT2D eigenvalue weighted by Gasteiger charge is 2.03. The first-order valence-corrected chi connectivity index (χ1v) is 5.75. The highest BCUT2D eigenvalue weighted by atomic mass is 35.5. The van der Waals surface area contributed by atoms with Gasteiger partial charge in [0.05, 0.1) is 17.3 Å². The third-order valence-electron chi connectivity index (χ3n) is 1.68. The van der Waals surface area contributed by atoms with Gasteiger partial charge in [-0.15, -0.1) is 11.3 Å². The molecule has 2 amide bonds. The molecule has 16 heavy (non-hydrogen) atoms. The third kappa shape index (κ3) is 4.99. The molecule has 0 fully saturated rings. The van der Waals surface area contributed by atoms with Crippen LogP contribution in [-0.4, -0.2) is 23.7 Å². The molecule has 0 saturated carbocycles. The van der Waals surface area contributed by atoms with Gasteiger partial charge in [-0.1, -0.05) is 11.6 Å². The molecule has 7 heteroatoms. The lowest BCUT2D eigenvalue weighted by atomic mass is 10.4. The molecule has 1 aromatic rings. The monoisotopic (exact) mass is 262 g/mol. The van der Waals surface area contributed by atoms with E-state index in [0.717, 1.165) is 4.88 Å². The minimum absolute atomic E-state index is 0.0851. The van der Waals surface area contributed by atoms with Crippen LogP contribution in [0.3, 0.4) is 0 Å². The molecule has 0 bridgehead atoms. The lowest BCUT2D eigenvalue weighted by Crippen LogP contribution is -2.36. The molecule has 1 aromatic heterocycles. The van der Waals surface area contributed by atoms with Crippen LogP contribution in [0.15, 0.2) is 12.1 Å². The topological polar surface area (TPSA) is 78.4 Å². The number of amides is 2. The Balaban J connectivity index is 2.17. The van der Waals surface area contributed by atoms with E-state index in [-0.39, 0.29) is 19.0 Å². The van der Waals surface area contributed by atoms with Crippen LogP contribution < -0.4 is 10.6 Å². The van der Waals surface area contributed by atoms with Crippen LogP contribution in [0.1, 0.15) is 11.3 Å². The number of nitrogens with one attached hydrogen (secondary N) is 2. The van der Waals surface area contributed by atoms with Gasteiger partial charge in [-0.3, -0.25) is 4.79 Å². The maximum atomic E-state index is 11.2. The van der Waals surface area contributed by atoms with Crippen LogP contribution in [0.2, 0.25) is 4.34 Å². The molecule has 0 aliphatic rings. The summed E-state index contributed by atoms with van der Waals surface area (Å²) in [7, 11) is 0. The zero-order valence-electron chi connectivity index (χ0n) is 8.33. The second-order valence-corrected chi connectivity index (χ2v) is 4.76. The summed E-state index contributed by atoms with van der Waals surface area (Å²) in [6.45, 7) is 0.503. The predicted octanol–water partition coefficient (Wildman–Crippen LogP) is 1.68. The molecule has 5 nitrogen and oxygen atoms in total. The summed E-state index contributed by atoms with van der Waals surface area (Å²) < 4.78 is 0.670. The van der Waals surface area contributed by atoms with Crippen LogP contribution in [0.25, 0.3) is 0 Å². The first-order chi connectivity index (χ1) is 7.58. The quantitative estimate of drug-likeness (QED) is 0.755. The lowest BCUT2D eigenvalue weighted by Gasteiger charge is -2.04. The van der Waals surface area contributed by atoms with Crippen molar-refractivity contribution >= 4 is 34.9 Å². The van der Waals surface area contributed by atoms with Crippen LogP contribution in [0, 0.1) is 0 Å². The Morgan fingerprint density at radius 1 is 1.38 bits per heavy atom. The summed E-state index contributed by atoms with van der Waals surface area (Å²) in [4.78, 5) is 22.3. The van der Waals surface area contributed by atoms with Gasteiger partial charge in [-0.25, -0.2) is 4.79 Å². The van der Waals surface area contributed by atoms with Crippen LogP contribution in [0.4, 0.5) is 4.79 Å². The molecule has 0 unspecified atom stereocenters. The number of carbonyl (C=O) groups is 2. The van der Waals surface area contributed by atoms with Gasteiger partial charge in [-0.2, -0.15) is 0 Å². The van der Waals surface area contributed by atoms with Gasteiger partial charge in [0.2, 0.25) is 0 Å². The van der Waals surface area contributed by atoms with Crippen molar-refractivity contribution in [1.82, 2.24) is 10.6 Å². The number of carboxylic acid groups (broad SMARTS) is 1. The average molecular weight is 263 g/mol. The highest BCUT2D eigenvalue weighted by Crippen LogP contribution is 2.20. The van der Waals surface area contributed by atoms with E-state index in [1.54, 1.807) is 6.07 Å². The fourth-order valence-electron chi connectivity index (χ4n) is 0.960. The molecule has 0 spiro atoms. The molecule has 1 rings (SSSR count). The average Bonchev–Trinajstić information content (AvgIpc) is 2.61. The van der Waals surface area contributed by atoms with Crippen molar-refractivity contribution < 1.29 is 14.7 Å². The zero-order chi connectivity index (χ0) is 12.0. The summed E-state index contributed by atoms with van der Waals surface area (Å²) in [6, 6.07) is 3.20. The Morgan fingerprint density at radius 2 is 2.12 bits per heavy atom. The summed E-state index contributed by atoms with van der Waals surface area (Å²) in [5.74, 6) is -0.940. The van der Waals surface area contributed by atoms with Gasteiger partial charge in [0, 0.05) is 11.4 Å². The van der Waals surface area contributed by atoms with Gasteiger partial charge in [0.25, 0.3) is 0 Å². The normalized spacial score (nSPS) is 9.81. The second-order valence-electron chi connectivity index (χ2n) is 2.96. The molecule has 1 heterocycles. The number of carboxylic acids is 1. The van der Waals surface area contributed by atoms with Crippen molar-refractivity contribution in [2.45, 2.75) is 13.0 Å². The summed E-state index contributed by atoms with van der Waals surface area (Å²) >= 11 is 7.11. The van der Waals surface area contributed by atoms with Crippen molar-refractivity contribution in [3.05, 3.63) is 21.3 Å². The molecular formula is C9H11ClN2O3S. The van der Waals surface area contributed by atoms with Gasteiger partial charge in [0.15, 0.2) is 0 Å². The fraction of sp³-hybridized carbons (Fsp3) is 0.333. The predicted molar refractivity (Wildman–Crippen MR) is 61.8 cm³/mol. The molecule has 3 N–H and O–H groups in total. The van der Waals surface area contributed by atoms with Gasteiger partial charge in [0.1, 0.15) is 0 Å². The van der Waals surface area contributed by atoms with Crippen molar-refractivity contribution in [2.75, 3.05) is 6.54 Å². The van der Waals surface area contributed by atoms with Gasteiger partial charge >= 0.3 is 12.0 Å². The van der Waals surface area contributed by atoms with Crippen molar-refractivity contribution in [2.24, 2.45) is 0 Å². The van der Waals surface area contributed by atoms with E-state index in [9.17, 15) is 9.59 Å². The zero-order valence-corrected chi connectivity index (χ0v) is 9.90. The van der Waals surface area contributed by atoms with Gasteiger partial charge in [-0.05, 0) is 12.1 Å². The molecule has 0 atom stereocenters. The Labute approximate surface area is 101 Å². The van der Waals surface area contributed by atoms with E-state index < -0.39 is 5.97 Å². The highest BCUT2D eigenvalue weighted by molar-refractivity contribution is 7.16. The van der Waals surface area contributed by atoms with E-state index in [2.05, 4.69) is 10.6 Å². The minimum atomic E-state index is -0.940. The number of hydrogen-bond acceptors (Lipinski definition) is 3. The van der Waals surface area contributed by atoms with E-state index >= 15 is 0 Å². The first kappa shape index (κ1) is 12.8. The van der Waals surface area contributed by atoms with Crippen molar-refractivity contribution in [1.29, 1.82) is 0 Å². The van der Waals surface area contributed by atoms with Crippen molar-refractivity contribution in [3.63, 3.8) is 0 Å². The Morgan fingerprint density at radius 3 is 2.69 bits per heavy atom. The minimum Gasteiger partial charge on any atom is -0.481 e. The molecular weight excluding hydrogens is 252 g/mol.